The van der Waals surface area contributed by atoms with Crippen molar-refractivity contribution in [3.05, 3.63) is 40.4 Å². The molecule has 0 aliphatic carbocycles. The lowest BCUT2D eigenvalue weighted by Gasteiger charge is -2.13. The van der Waals surface area contributed by atoms with Gasteiger partial charge in [0.15, 0.2) is 0 Å². The Hall–Kier alpha value is -0.700. The largest absolute Gasteiger partial charge is 0.488 e. The molecule has 0 saturated carbocycles. The monoisotopic (exact) mass is 245 g/mol. The average Bonchev–Trinajstić information content (AvgIpc) is 2.26. The van der Waals surface area contributed by atoms with E-state index in [0.717, 1.165) is 11.3 Å². The van der Waals surface area contributed by atoms with Crippen molar-refractivity contribution in [1.29, 1.82) is 0 Å². The Morgan fingerprint density at radius 2 is 2.20 bits per heavy atom. The molecular formula is C11H13Cl2NO. The fraction of sp³-hybridized carbons (Fsp3) is 0.273. The van der Waals surface area contributed by atoms with Gasteiger partial charge in [0.1, 0.15) is 12.4 Å². The number of benzene rings is 1. The van der Waals surface area contributed by atoms with Gasteiger partial charge in [-0.05, 0) is 13.0 Å². The maximum atomic E-state index is 5.80. The molecule has 4 heteroatoms. The summed E-state index contributed by atoms with van der Waals surface area (Å²) in [4.78, 5) is 0. The van der Waals surface area contributed by atoms with Crippen LogP contribution in [0.4, 0.5) is 0 Å². The zero-order valence-corrected chi connectivity index (χ0v) is 9.92. The predicted octanol–water partition coefficient (Wildman–Crippen LogP) is 3.40. The summed E-state index contributed by atoms with van der Waals surface area (Å²) >= 11 is 11.1. The molecule has 1 aromatic rings. The molecule has 1 rings (SSSR count). The summed E-state index contributed by atoms with van der Waals surface area (Å²) in [5.74, 6) is 0.740. The van der Waals surface area contributed by atoms with Crippen molar-refractivity contribution in [2.24, 2.45) is 5.73 Å². The van der Waals surface area contributed by atoms with E-state index in [1.807, 2.05) is 31.2 Å². The molecule has 82 valence electrons. The zero-order chi connectivity index (χ0) is 11.3. The smallest absolute Gasteiger partial charge is 0.125 e. The van der Waals surface area contributed by atoms with Crippen LogP contribution in [0.3, 0.4) is 0 Å². The molecule has 0 spiro atoms. The van der Waals surface area contributed by atoms with Gasteiger partial charge in [0.25, 0.3) is 0 Å². The van der Waals surface area contributed by atoms with E-state index in [9.17, 15) is 0 Å². The second kappa shape index (κ2) is 6.01. The topological polar surface area (TPSA) is 35.2 Å². The summed E-state index contributed by atoms with van der Waals surface area (Å²) in [6.07, 6.45) is 0. The molecule has 0 aliphatic rings. The van der Waals surface area contributed by atoms with E-state index in [-0.39, 0.29) is 12.6 Å². The lowest BCUT2D eigenvalue weighted by atomic mass is 10.1. The third-order valence-corrected chi connectivity index (χ3v) is 2.49. The van der Waals surface area contributed by atoms with Crippen LogP contribution in [-0.2, 0) is 0 Å². The third-order valence-electron chi connectivity index (χ3n) is 1.89. The fourth-order valence-electron chi connectivity index (χ4n) is 1.17. The van der Waals surface area contributed by atoms with E-state index >= 15 is 0 Å². The van der Waals surface area contributed by atoms with Crippen molar-refractivity contribution < 1.29 is 4.74 Å². The van der Waals surface area contributed by atoms with E-state index in [1.165, 1.54) is 5.54 Å². The van der Waals surface area contributed by atoms with Gasteiger partial charge in [-0.25, -0.2) is 0 Å². The van der Waals surface area contributed by atoms with Crippen LogP contribution >= 0.6 is 23.2 Å². The number of hydrogen-bond donors (Lipinski definition) is 1. The molecule has 0 fully saturated rings. The van der Waals surface area contributed by atoms with Gasteiger partial charge >= 0.3 is 0 Å². The van der Waals surface area contributed by atoms with Gasteiger partial charge in [-0.15, -0.1) is 0 Å². The molecule has 0 heterocycles. The van der Waals surface area contributed by atoms with Crippen molar-refractivity contribution in [2.75, 3.05) is 6.61 Å². The van der Waals surface area contributed by atoms with Gasteiger partial charge < -0.3 is 10.5 Å². The van der Waals surface area contributed by atoms with Crippen molar-refractivity contribution in [2.45, 2.75) is 13.0 Å². The van der Waals surface area contributed by atoms with Crippen LogP contribution in [0.2, 0.25) is 0 Å². The van der Waals surface area contributed by atoms with Crippen LogP contribution < -0.4 is 10.5 Å². The zero-order valence-electron chi connectivity index (χ0n) is 8.41. The Bertz CT molecular complexity index is 350. The van der Waals surface area contributed by atoms with E-state index in [1.54, 1.807) is 0 Å². The van der Waals surface area contributed by atoms with Gasteiger partial charge in [0.05, 0.1) is 5.03 Å². The highest BCUT2D eigenvalue weighted by Gasteiger charge is 2.07. The van der Waals surface area contributed by atoms with E-state index in [2.05, 4.69) is 0 Å². The van der Waals surface area contributed by atoms with Crippen molar-refractivity contribution >= 4 is 23.2 Å². The van der Waals surface area contributed by atoms with Crippen LogP contribution in [-0.4, -0.2) is 6.61 Å². The summed E-state index contributed by atoms with van der Waals surface area (Å²) in [5, 5.41) is 0.455. The Kier molecular flexibility index (Phi) is 4.95. The second-order valence-electron chi connectivity index (χ2n) is 3.17. The number of rotatable bonds is 4. The molecule has 1 aromatic carbocycles. The molecule has 1 atom stereocenters. The van der Waals surface area contributed by atoms with E-state index in [4.69, 9.17) is 33.7 Å². The predicted molar refractivity (Wildman–Crippen MR) is 64.3 cm³/mol. The van der Waals surface area contributed by atoms with Gasteiger partial charge in [-0.3, -0.25) is 0 Å². The standard InChI is InChI=1S/C11H13Cl2NO/c1-8(14)10-4-2-3-5-11(10)15-7-9(13)6-12/h2-6,8H,7,14H2,1H3/t8-/m1/s1. The highest BCUT2D eigenvalue weighted by atomic mass is 35.5. The van der Waals surface area contributed by atoms with E-state index < -0.39 is 0 Å². The first-order valence-electron chi connectivity index (χ1n) is 4.57. The molecule has 2 N–H and O–H groups in total. The van der Waals surface area contributed by atoms with Crippen LogP contribution in [0, 0.1) is 0 Å². The molecule has 0 aromatic heterocycles. The fourth-order valence-corrected chi connectivity index (χ4v) is 1.28. The molecule has 0 unspecified atom stereocenters. The van der Waals surface area contributed by atoms with Crippen molar-refractivity contribution in [3.8, 4) is 5.75 Å². The third kappa shape index (κ3) is 3.74. The van der Waals surface area contributed by atoms with Crippen LogP contribution in [0.5, 0.6) is 5.75 Å². The Morgan fingerprint density at radius 1 is 1.53 bits per heavy atom. The number of ether oxygens (including phenoxy) is 1. The summed E-state index contributed by atoms with van der Waals surface area (Å²) in [7, 11) is 0. The first-order chi connectivity index (χ1) is 7.15. The van der Waals surface area contributed by atoms with Crippen LogP contribution in [0.15, 0.2) is 34.8 Å². The van der Waals surface area contributed by atoms with E-state index in [0.29, 0.717) is 5.03 Å². The highest BCUT2D eigenvalue weighted by molar-refractivity contribution is 6.36. The molecular weight excluding hydrogens is 233 g/mol. The quantitative estimate of drug-likeness (QED) is 0.883. The minimum atomic E-state index is -0.0695. The number of nitrogens with two attached hydrogens (primary N) is 1. The van der Waals surface area contributed by atoms with Gasteiger partial charge in [0.2, 0.25) is 0 Å². The molecule has 0 aliphatic heterocycles. The molecule has 2 nitrogen and oxygen atoms in total. The maximum Gasteiger partial charge on any atom is 0.125 e. The maximum absolute atomic E-state index is 5.80. The first kappa shape index (κ1) is 12.4. The Balaban J connectivity index is 2.76. The van der Waals surface area contributed by atoms with Gasteiger partial charge in [-0.2, -0.15) is 0 Å². The molecule has 0 saturated heterocycles. The highest BCUT2D eigenvalue weighted by Crippen LogP contribution is 2.23. The SMILES string of the molecule is C[C@@H](N)c1ccccc1OCC(Cl)=CCl. The van der Waals surface area contributed by atoms with Crippen molar-refractivity contribution in [3.63, 3.8) is 0 Å². The summed E-state index contributed by atoms with van der Waals surface area (Å²) in [5.41, 5.74) is 8.04. The summed E-state index contributed by atoms with van der Waals surface area (Å²) in [6.45, 7) is 2.16. The Labute approximate surface area is 99.6 Å². The lowest BCUT2D eigenvalue weighted by molar-refractivity contribution is 0.353. The first-order valence-corrected chi connectivity index (χ1v) is 5.38. The van der Waals surface area contributed by atoms with Gasteiger partial charge in [-0.1, -0.05) is 41.4 Å². The molecule has 0 bridgehead atoms. The molecule has 0 amide bonds. The second-order valence-corrected chi connectivity index (χ2v) is 3.87. The number of hydrogen-bond acceptors (Lipinski definition) is 2. The average molecular weight is 246 g/mol. The Morgan fingerprint density at radius 3 is 2.80 bits per heavy atom. The minimum absolute atomic E-state index is 0.0695. The lowest BCUT2D eigenvalue weighted by Crippen LogP contribution is -2.08. The number of para-hydroxylation sites is 1. The van der Waals surface area contributed by atoms with Crippen LogP contribution in [0.25, 0.3) is 0 Å². The minimum Gasteiger partial charge on any atom is -0.488 e. The van der Waals surface area contributed by atoms with Crippen molar-refractivity contribution in [1.82, 2.24) is 0 Å². The molecule has 15 heavy (non-hydrogen) atoms. The normalized spacial score (nSPS) is 13.7. The summed E-state index contributed by atoms with van der Waals surface area (Å²) < 4.78 is 5.49. The van der Waals surface area contributed by atoms with Crippen LogP contribution in [0.1, 0.15) is 18.5 Å². The van der Waals surface area contributed by atoms with Gasteiger partial charge in [0, 0.05) is 17.1 Å². The summed E-state index contributed by atoms with van der Waals surface area (Å²) in [6, 6.07) is 7.53. The molecule has 0 radical (unpaired) electrons. The number of halogens is 2.